The fourth-order valence-corrected chi connectivity index (χ4v) is 3.91. The topological polar surface area (TPSA) is 40.6 Å². The number of benzene rings is 1. The standard InChI is InChI=1S/C19H26N2O2/c1-15(22)20-11-12-21(19(23)13-16-7-5-6-8-16)18(14-20)17-9-3-2-4-10-17/h2-4,9-10,16,18H,5-8,11-14H2,1H3/t18-/m0/s1. The second-order valence-corrected chi connectivity index (χ2v) is 6.83. The van der Waals surface area contributed by atoms with Crippen LogP contribution in [0.5, 0.6) is 0 Å². The number of nitrogens with zero attached hydrogens (tertiary/aromatic N) is 2. The summed E-state index contributed by atoms with van der Waals surface area (Å²) in [5.41, 5.74) is 1.12. The van der Waals surface area contributed by atoms with Crippen molar-refractivity contribution in [2.75, 3.05) is 19.6 Å². The molecule has 0 unspecified atom stereocenters. The van der Waals surface area contributed by atoms with Gasteiger partial charge >= 0.3 is 0 Å². The lowest BCUT2D eigenvalue weighted by molar-refractivity contribution is -0.142. The van der Waals surface area contributed by atoms with Gasteiger partial charge in [0.2, 0.25) is 11.8 Å². The van der Waals surface area contributed by atoms with Crippen molar-refractivity contribution in [1.82, 2.24) is 9.80 Å². The van der Waals surface area contributed by atoms with Gasteiger partial charge in [-0.1, -0.05) is 43.2 Å². The van der Waals surface area contributed by atoms with Crippen LogP contribution in [0.25, 0.3) is 0 Å². The molecule has 4 nitrogen and oxygen atoms in total. The average Bonchev–Trinajstić information content (AvgIpc) is 3.08. The molecule has 1 aliphatic carbocycles. The van der Waals surface area contributed by atoms with Crippen LogP contribution in [0.4, 0.5) is 0 Å². The normalized spacial score (nSPS) is 22.4. The van der Waals surface area contributed by atoms with E-state index in [9.17, 15) is 9.59 Å². The highest BCUT2D eigenvalue weighted by Crippen LogP contribution is 2.31. The Labute approximate surface area is 138 Å². The molecule has 0 N–H and O–H groups in total. The van der Waals surface area contributed by atoms with Gasteiger partial charge in [0.05, 0.1) is 6.04 Å². The molecule has 0 spiro atoms. The third-order valence-electron chi connectivity index (χ3n) is 5.27. The first-order valence-electron chi connectivity index (χ1n) is 8.75. The predicted molar refractivity (Wildman–Crippen MR) is 89.7 cm³/mol. The molecule has 1 heterocycles. The van der Waals surface area contributed by atoms with Gasteiger partial charge in [0, 0.05) is 33.0 Å². The summed E-state index contributed by atoms with van der Waals surface area (Å²) >= 11 is 0. The molecular formula is C19H26N2O2. The second kappa shape index (κ2) is 7.16. The Bertz CT molecular complexity index is 552. The summed E-state index contributed by atoms with van der Waals surface area (Å²) in [6.45, 7) is 3.51. The lowest BCUT2D eigenvalue weighted by atomic mass is 9.98. The quantitative estimate of drug-likeness (QED) is 0.860. The van der Waals surface area contributed by atoms with Gasteiger partial charge in [0.1, 0.15) is 0 Å². The van der Waals surface area contributed by atoms with Crippen LogP contribution in [0, 0.1) is 5.92 Å². The monoisotopic (exact) mass is 314 g/mol. The molecule has 1 aromatic carbocycles. The van der Waals surface area contributed by atoms with E-state index in [0.29, 0.717) is 32.0 Å². The van der Waals surface area contributed by atoms with Crippen molar-refractivity contribution in [2.24, 2.45) is 5.92 Å². The third-order valence-corrected chi connectivity index (χ3v) is 5.27. The van der Waals surface area contributed by atoms with Gasteiger partial charge in [-0.3, -0.25) is 9.59 Å². The zero-order chi connectivity index (χ0) is 16.2. The minimum absolute atomic E-state index is 0.0113. The Morgan fingerprint density at radius 3 is 2.43 bits per heavy atom. The first-order chi connectivity index (χ1) is 11.1. The summed E-state index contributed by atoms with van der Waals surface area (Å²) < 4.78 is 0. The van der Waals surface area contributed by atoms with Crippen LogP contribution < -0.4 is 0 Å². The molecular weight excluding hydrogens is 288 g/mol. The van der Waals surface area contributed by atoms with Crippen LogP contribution in [-0.4, -0.2) is 41.2 Å². The summed E-state index contributed by atoms with van der Waals surface area (Å²) in [6, 6.07) is 10.1. The number of rotatable bonds is 3. The van der Waals surface area contributed by atoms with Crippen LogP contribution in [-0.2, 0) is 9.59 Å². The average molecular weight is 314 g/mol. The van der Waals surface area contributed by atoms with Crippen LogP contribution >= 0.6 is 0 Å². The van der Waals surface area contributed by atoms with E-state index in [2.05, 4.69) is 12.1 Å². The SMILES string of the molecule is CC(=O)N1CCN(C(=O)CC2CCCC2)[C@H](c2ccccc2)C1. The van der Waals surface area contributed by atoms with Gasteiger partial charge in [0.15, 0.2) is 0 Å². The molecule has 1 aliphatic heterocycles. The number of hydrogen-bond acceptors (Lipinski definition) is 2. The minimum atomic E-state index is -0.0113. The van der Waals surface area contributed by atoms with E-state index >= 15 is 0 Å². The van der Waals surface area contributed by atoms with Crippen LogP contribution in [0.1, 0.15) is 50.6 Å². The Hall–Kier alpha value is -1.84. The first kappa shape index (κ1) is 16.0. The Morgan fingerprint density at radius 1 is 1.09 bits per heavy atom. The lowest BCUT2D eigenvalue weighted by Gasteiger charge is -2.42. The maximum Gasteiger partial charge on any atom is 0.223 e. The van der Waals surface area contributed by atoms with E-state index in [1.807, 2.05) is 28.0 Å². The molecule has 2 aliphatic rings. The third kappa shape index (κ3) is 3.74. The number of piperazine rings is 1. The number of hydrogen-bond donors (Lipinski definition) is 0. The number of carbonyl (C=O) groups is 2. The molecule has 124 valence electrons. The fourth-order valence-electron chi connectivity index (χ4n) is 3.91. The molecule has 0 aromatic heterocycles. The van der Waals surface area contributed by atoms with Crippen molar-refractivity contribution < 1.29 is 9.59 Å². The van der Waals surface area contributed by atoms with E-state index in [0.717, 1.165) is 5.56 Å². The molecule has 1 saturated carbocycles. The van der Waals surface area contributed by atoms with E-state index in [1.54, 1.807) is 6.92 Å². The van der Waals surface area contributed by atoms with Crippen molar-refractivity contribution in [3.63, 3.8) is 0 Å². The first-order valence-corrected chi connectivity index (χ1v) is 8.75. The van der Waals surface area contributed by atoms with Crippen molar-refractivity contribution in [1.29, 1.82) is 0 Å². The molecule has 1 aromatic rings. The summed E-state index contributed by atoms with van der Waals surface area (Å²) in [7, 11) is 0. The highest BCUT2D eigenvalue weighted by molar-refractivity contribution is 5.78. The maximum atomic E-state index is 12.8. The van der Waals surface area contributed by atoms with Gasteiger partial charge in [0.25, 0.3) is 0 Å². The molecule has 2 fully saturated rings. The Balaban J connectivity index is 1.76. The minimum Gasteiger partial charge on any atom is -0.339 e. The zero-order valence-electron chi connectivity index (χ0n) is 13.9. The molecule has 4 heteroatoms. The molecule has 1 saturated heterocycles. The van der Waals surface area contributed by atoms with Crippen LogP contribution in [0.15, 0.2) is 30.3 Å². The predicted octanol–water partition coefficient (Wildman–Crippen LogP) is 3.00. The molecule has 23 heavy (non-hydrogen) atoms. The van der Waals surface area contributed by atoms with E-state index in [1.165, 1.54) is 25.7 Å². The van der Waals surface area contributed by atoms with Crippen LogP contribution in [0.3, 0.4) is 0 Å². The molecule has 0 radical (unpaired) electrons. The number of amides is 2. The molecule has 0 bridgehead atoms. The van der Waals surface area contributed by atoms with Crippen LogP contribution in [0.2, 0.25) is 0 Å². The lowest BCUT2D eigenvalue weighted by Crippen LogP contribution is -2.52. The summed E-state index contributed by atoms with van der Waals surface area (Å²) in [4.78, 5) is 28.5. The summed E-state index contributed by atoms with van der Waals surface area (Å²) in [5.74, 6) is 0.910. The largest absolute Gasteiger partial charge is 0.339 e. The summed E-state index contributed by atoms with van der Waals surface area (Å²) in [6.07, 6.45) is 5.57. The van der Waals surface area contributed by atoms with Crippen molar-refractivity contribution >= 4 is 11.8 Å². The highest BCUT2D eigenvalue weighted by Gasteiger charge is 2.33. The van der Waals surface area contributed by atoms with E-state index in [-0.39, 0.29) is 17.9 Å². The summed E-state index contributed by atoms with van der Waals surface area (Å²) in [5, 5.41) is 0. The second-order valence-electron chi connectivity index (χ2n) is 6.83. The van der Waals surface area contributed by atoms with E-state index in [4.69, 9.17) is 0 Å². The zero-order valence-corrected chi connectivity index (χ0v) is 13.9. The fraction of sp³-hybridized carbons (Fsp3) is 0.579. The maximum absolute atomic E-state index is 12.8. The smallest absolute Gasteiger partial charge is 0.223 e. The molecule has 1 atom stereocenters. The van der Waals surface area contributed by atoms with Crippen molar-refractivity contribution in [3.8, 4) is 0 Å². The Morgan fingerprint density at radius 2 is 1.78 bits per heavy atom. The van der Waals surface area contributed by atoms with Gasteiger partial charge in [-0.25, -0.2) is 0 Å². The van der Waals surface area contributed by atoms with Gasteiger partial charge in [-0.05, 0) is 24.3 Å². The molecule has 3 rings (SSSR count). The van der Waals surface area contributed by atoms with Gasteiger partial charge in [-0.2, -0.15) is 0 Å². The number of carbonyl (C=O) groups excluding carboxylic acids is 2. The van der Waals surface area contributed by atoms with E-state index < -0.39 is 0 Å². The van der Waals surface area contributed by atoms with Gasteiger partial charge < -0.3 is 9.80 Å². The highest BCUT2D eigenvalue weighted by atomic mass is 16.2. The van der Waals surface area contributed by atoms with Crippen molar-refractivity contribution in [3.05, 3.63) is 35.9 Å². The van der Waals surface area contributed by atoms with Crippen molar-refractivity contribution in [2.45, 2.75) is 45.1 Å². The Kier molecular flexibility index (Phi) is 4.99. The van der Waals surface area contributed by atoms with Gasteiger partial charge in [-0.15, -0.1) is 0 Å². The molecule has 2 amide bonds.